The number of primary sulfonamides is 1. The fourth-order valence-corrected chi connectivity index (χ4v) is 2.78. The molecular weight excluding hydrogens is 356 g/mol. The van der Waals surface area contributed by atoms with Crippen LogP contribution >= 0.6 is 15.9 Å². The van der Waals surface area contributed by atoms with Gasteiger partial charge in [-0.3, -0.25) is 4.79 Å². The van der Waals surface area contributed by atoms with Gasteiger partial charge in [-0.15, -0.1) is 0 Å². The van der Waals surface area contributed by atoms with Crippen LogP contribution in [0.3, 0.4) is 0 Å². The highest BCUT2D eigenvalue weighted by atomic mass is 79.9. The van der Waals surface area contributed by atoms with Crippen molar-refractivity contribution in [2.45, 2.75) is 44.6 Å². The fraction of sp³-hybridized carbons (Fsp3) is 0.500. The van der Waals surface area contributed by atoms with E-state index in [0.717, 1.165) is 12.8 Å². The van der Waals surface area contributed by atoms with Crippen molar-refractivity contribution in [3.05, 3.63) is 28.2 Å². The van der Waals surface area contributed by atoms with Crippen molar-refractivity contribution in [3.63, 3.8) is 0 Å². The highest BCUT2D eigenvalue weighted by Gasteiger charge is 2.17. The summed E-state index contributed by atoms with van der Waals surface area (Å²) < 4.78 is 23.2. The molecule has 1 unspecified atom stereocenters. The molecule has 0 radical (unpaired) electrons. The van der Waals surface area contributed by atoms with Crippen LogP contribution in [0.2, 0.25) is 0 Å². The quantitative estimate of drug-likeness (QED) is 0.799. The summed E-state index contributed by atoms with van der Waals surface area (Å²) in [6, 6.07) is 4.17. The predicted molar refractivity (Wildman–Crippen MR) is 86.5 cm³/mol. The summed E-state index contributed by atoms with van der Waals surface area (Å²) in [5.74, 6) is 0.255. The van der Waals surface area contributed by atoms with Crippen LogP contribution < -0.4 is 10.5 Å². The second kappa shape index (κ2) is 7.38. The van der Waals surface area contributed by atoms with E-state index in [1.165, 1.54) is 18.2 Å². The third kappa shape index (κ3) is 5.76. The highest BCUT2D eigenvalue weighted by Crippen LogP contribution is 2.20. The van der Waals surface area contributed by atoms with Gasteiger partial charge in [-0.2, -0.15) is 0 Å². The number of hydrogen-bond donors (Lipinski definition) is 2. The molecule has 5 nitrogen and oxygen atoms in total. The summed E-state index contributed by atoms with van der Waals surface area (Å²) in [4.78, 5) is 12.1. The zero-order valence-electron chi connectivity index (χ0n) is 12.4. The number of carbonyl (C=O) groups excluding carboxylic acids is 1. The molecule has 0 aliphatic carbocycles. The van der Waals surface area contributed by atoms with Gasteiger partial charge in [-0.1, -0.05) is 13.8 Å². The lowest BCUT2D eigenvalue weighted by Crippen LogP contribution is -2.33. The smallest absolute Gasteiger partial charge is 0.252 e. The van der Waals surface area contributed by atoms with E-state index in [1.54, 1.807) is 0 Å². The molecule has 0 fully saturated rings. The lowest BCUT2D eigenvalue weighted by molar-refractivity contribution is 0.0936. The SMILES string of the molecule is CC(C)CCC(C)NC(=O)c1cc(S(N)(=O)=O)ccc1Br. The molecule has 0 saturated heterocycles. The molecule has 1 aromatic carbocycles. The van der Waals surface area contributed by atoms with Gasteiger partial charge >= 0.3 is 0 Å². The van der Waals surface area contributed by atoms with E-state index in [4.69, 9.17) is 5.14 Å². The fourth-order valence-electron chi connectivity index (χ4n) is 1.81. The molecule has 0 bridgehead atoms. The van der Waals surface area contributed by atoms with Gasteiger partial charge in [0.25, 0.3) is 5.91 Å². The lowest BCUT2D eigenvalue weighted by atomic mass is 10.0. The molecular formula is C14H21BrN2O3S. The normalized spacial score (nSPS) is 13.2. The standard InChI is InChI=1S/C14H21BrN2O3S/c1-9(2)4-5-10(3)17-14(18)12-8-11(21(16,19)20)6-7-13(12)15/h6-10H,4-5H2,1-3H3,(H,17,18)(H2,16,19,20). The van der Waals surface area contributed by atoms with Crippen molar-refractivity contribution in [2.75, 3.05) is 0 Å². The average Bonchev–Trinajstić information content (AvgIpc) is 2.35. The molecule has 0 aromatic heterocycles. The molecule has 0 aliphatic rings. The highest BCUT2D eigenvalue weighted by molar-refractivity contribution is 9.10. The van der Waals surface area contributed by atoms with E-state index >= 15 is 0 Å². The minimum atomic E-state index is -3.83. The van der Waals surface area contributed by atoms with Crippen LogP contribution in [-0.2, 0) is 10.0 Å². The molecule has 0 heterocycles. The first-order valence-corrected chi connectivity index (χ1v) is 9.08. The molecule has 1 rings (SSSR count). The van der Waals surface area contributed by atoms with E-state index in [-0.39, 0.29) is 22.4 Å². The number of sulfonamides is 1. The molecule has 3 N–H and O–H groups in total. The maximum absolute atomic E-state index is 12.2. The van der Waals surface area contributed by atoms with Crippen LogP contribution in [0.1, 0.15) is 44.0 Å². The van der Waals surface area contributed by atoms with Crippen LogP contribution in [0.15, 0.2) is 27.6 Å². The Kier molecular flexibility index (Phi) is 6.37. The zero-order chi connectivity index (χ0) is 16.2. The molecule has 1 amide bonds. The van der Waals surface area contributed by atoms with Gasteiger partial charge in [-0.05, 0) is 59.8 Å². The largest absolute Gasteiger partial charge is 0.350 e. The lowest BCUT2D eigenvalue weighted by Gasteiger charge is -2.16. The number of nitrogens with one attached hydrogen (secondary N) is 1. The van der Waals surface area contributed by atoms with Crippen molar-refractivity contribution in [3.8, 4) is 0 Å². The van der Waals surface area contributed by atoms with Gasteiger partial charge in [0.05, 0.1) is 10.5 Å². The molecule has 1 aromatic rings. The summed E-state index contributed by atoms with van der Waals surface area (Å²) in [6.07, 6.45) is 1.88. The van der Waals surface area contributed by atoms with Gasteiger partial charge in [0.2, 0.25) is 10.0 Å². The summed E-state index contributed by atoms with van der Waals surface area (Å²) in [6.45, 7) is 6.18. The molecule has 0 spiro atoms. The third-order valence-electron chi connectivity index (χ3n) is 3.07. The Bertz CT molecular complexity index is 615. The summed E-state index contributed by atoms with van der Waals surface area (Å²) >= 11 is 3.25. The first-order valence-electron chi connectivity index (χ1n) is 6.74. The van der Waals surface area contributed by atoms with Crippen LogP contribution in [0.25, 0.3) is 0 Å². The molecule has 118 valence electrons. The number of hydrogen-bond acceptors (Lipinski definition) is 3. The van der Waals surface area contributed by atoms with Crippen LogP contribution in [0.5, 0.6) is 0 Å². The Morgan fingerprint density at radius 3 is 2.43 bits per heavy atom. The maximum Gasteiger partial charge on any atom is 0.252 e. The van der Waals surface area contributed by atoms with E-state index in [0.29, 0.717) is 10.4 Å². The average molecular weight is 377 g/mol. The summed E-state index contributed by atoms with van der Waals surface area (Å²) in [7, 11) is -3.83. The second-order valence-corrected chi connectivity index (χ2v) is 7.95. The Labute approximate surface area is 134 Å². The Morgan fingerprint density at radius 1 is 1.29 bits per heavy atom. The first-order chi connectivity index (χ1) is 9.61. The summed E-state index contributed by atoms with van der Waals surface area (Å²) in [5.41, 5.74) is 0.262. The van der Waals surface area contributed by atoms with E-state index < -0.39 is 10.0 Å². The van der Waals surface area contributed by atoms with Gasteiger partial charge in [-0.25, -0.2) is 13.6 Å². The minimum Gasteiger partial charge on any atom is -0.350 e. The topological polar surface area (TPSA) is 89.3 Å². The Balaban J connectivity index is 2.87. The van der Waals surface area contributed by atoms with E-state index in [1.807, 2.05) is 6.92 Å². The van der Waals surface area contributed by atoms with E-state index in [9.17, 15) is 13.2 Å². The molecule has 1 atom stereocenters. The summed E-state index contributed by atoms with van der Waals surface area (Å²) in [5, 5.41) is 7.95. The van der Waals surface area contributed by atoms with Gasteiger partial charge in [0.1, 0.15) is 0 Å². The van der Waals surface area contributed by atoms with Crippen molar-refractivity contribution in [1.82, 2.24) is 5.32 Å². The monoisotopic (exact) mass is 376 g/mol. The number of halogens is 1. The van der Waals surface area contributed by atoms with E-state index in [2.05, 4.69) is 35.1 Å². The predicted octanol–water partition coefficient (Wildman–Crippen LogP) is 2.65. The molecule has 0 aliphatic heterocycles. The molecule has 21 heavy (non-hydrogen) atoms. The minimum absolute atomic E-state index is 0.0185. The first kappa shape index (κ1) is 18.1. The van der Waals surface area contributed by atoms with Crippen LogP contribution in [0, 0.1) is 5.92 Å². The number of carbonyl (C=O) groups is 1. The van der Waals surface area contributed by atoms with Crippen LogP contribution in [-0.4, -0.2) is 20.4 Å². The third-order valence-corrected chi connectivity index (χ3v) is 4.67. The molecule has 7 heteroatoms. The second-order valence-electron chi connectivity index (χ2n) is 5.53. The Hall–Kier alpha value is -0.920. The Morgan fingerprint density at radius 2 is 1.90 bits per heavy atom. The van der Waals surface area contributed by atoms with Gasteiger partial charge < -0.3 is 5.32 Å². The number of benzene rings is 1. The molecule has 0 saturated carbocycles. The van der Waals surface area contributed by atoms with Gasteiger partial charge in [0, 0.05) is 10.5 Å². The number of amides is 1. The zero-order valence-corrected chi connectivity index (χ0v) is 14.8. The van der Waals surface area contributed by atoms with Gasteiger partial charge in [0.15, 0.2) is 0 Å². The van der Waals surface area contributed by atoms with Crippen molar-refractivity contribution in [2.24, 2.45) is 11.1 Å². The number of rotatable bonds is 6. The van der Waals surface area contributed by atoms with Crippen molar-refractivity contribution >= 4 is 31.9 Å². The van der Waals surface area contributed by atoms with Crippen molar-refractivity contribution < 1.29 is 13.2 Å². The number of nitrogens with two attached hydrogens (primary N) is 1. The van der Waals surface area contributed by atoms with Crippen molar-refractivity contribution in [1.29, 1.82) is 0 Å². The van der Waals surface area contributed by atoms with Crippen LogP contribution in [0.4, 0.5) is 0 Å². The maximum atomic E-state index is 12.2.